The van der Waals surface area contributed by atoms with Crippen LogP contribution in [-0.4, -0.2) is 23.8 Å². The molecule has 0 radical (unpaired) electrons. The van der Waals surface area contributed by atoms with E-state index in [1.54, 1.807) is 13.1 Å². The minimum absolute atomic E-state index is 0.0263. The van der Waals surface area contributed by atoms with E-state index in [1.165, 1.54) is 11.1 Å². The Morgan fingerprint density at radius 3 is 2.92 bits per heavy atom. The second kappa shape index (κ2) is 5.86. The predicted octanol–water partition coefficient (Wildman–Crippen LogP) is 3.18. The van der Waals surface area contributed by atoms with Crippen molar-refractivity contribution in [2.75, 3.05) is 7.05 Å². The van der Waals surface area contributed by atoms with Crippen LogP contribution in [0.25, 0.3) is 0 Å². The fourth-order valence-corrected chi connectivity index (χ4v) is 6.01. The van der Waals surface area contributed by atoms with Crippen LogP contribution in [0.4, 0.5) is 0 Å². The molecule has 4 nitrogen and oxygen atoms in total. The van der Waals surface area contributed by atoms with Gasteiger partial charge in [-0.1, -0.05) is 13.0 Å². The lowest BCUT2D eigenvalue weighted by Gasteiger charge is -2.48. The second-order valence-corrected chi connectivity index (χ2v) is 8.43. The van der Waals surface area contributed by atoms with Gasteiger partial charge in [-0.25, -0.2) is 0 Å². The van der Waals surface area contributed by atoms with Gasteiger partial charge in [0.2, 0.25) is 5.91 Å². The third kappa shape index (κ3) is 2.49. The number of hydrogen-bond donors (Lipinski definition) is 2. The minimum atomic E-state index is -0.256. The molecule has 0 unspecified atom stereocenters. The lowest BCUT2D eigenvalue weighted by molar-refractivity contribution is -0.134. The maximum absolute atomic E-state index is 13.1. The Hall–Kier alpha value is -1.84. The third-order valence-corrected chi connectivity index (χ3v) is 7.28. The molecule has 0 saturated heterocycles. The summed E-state index contributed by atoms with van der Waals surface area (Å²) in [5, 5.41) is 12.4. The summed E-state index contributed by atoms with van der Waals surface area (Å²) in [7, 11) is 1.64. The number of aromatic hydroxyl groups is 1. The van der Waals surface area contributed by atoms with E-state index in [2.05, 4.69) is 18.3 Å². The van der Waals surface area contributed by atoms with Crippen molar-refractivity contribution in [2.45, 2.75) is 51.4 Å². The molecule has 1 aromatic carbocycles. The van der Waals surface area contributed by atoms with Crippen LogP contribution in [0.2, 0.25) is 0 Å². The molecule has 3 aliphatic carbocycles. The Kier molecular flexibility index (Phi) is 3.89. The molecule has 0 spiro atoms. The van der Waals surface area contributed by atoms with Gasteiger partial charge < -0.3 is 10.4 Å². The van der Waals surface area contributed by atoms with E-state index in [4.69, 9.17) is 0 Å². The van der Waals surface area contributed by atoms with E-state index in [-0.39, 0.29) is 17.2 Å². The fourth-order valence-electron chi connectivity index (χ4n) is 6.01. The quantitative estimate of drug-likeness (QED) is 0.868. The van der Waals surface area contributed by atoms with E-state index in [0.29, 0.717) is 35.7 Å². The van der Waals surface area contributed by atoms with Crippen molar-refractivity contribution in [3.05, 3.63) is 29.3 Å². The van der Waals surface area contributed by atoms with Crippen LogP contribution in [0, 0.1) is 23.2 Å². The normalized spacial score (nSPS) is 36.3. The summed E-state index contributed by atoms with van der Waals surface area (Å²) in [4.78, 5) is 24.9. The van der Waals surface area contributed by atoms with Crippen LogP contribution in [0.5, 0.6) is 5.75 Å². The summed E-state index contributed by atoms with van der Waals surface area (Å²) in [6.45, 7) is 2.15. The lowest BCUT2D eigenvalue weighted by Crippen LogP contribution is -2.42. The topological polar surface area (TPSA) is 66.4 Å². The number of hydrogen-bond acceptors (Lipinski definition) is 3. The maximum Gasteiger partial charge on any atom is 0.220 e. The van der Waals surface area contributed by atoms with Gasteiger partial charge in [-0.15, -0.1) is 0 Å². The van der Waals surface area contributed by atoms with E-state index in [9.17, 15) is 14.7 Å². The minimum Gasteiger partial charge on any atom is -0.508 e. The van der Waals surface area contributed by atoms with Crippen LogP contribution in [0.1, 0.15) is 56.1 Å². The van der Waals surface area contributed by atoms with Crippen molar-refractivity contribution < 1.29 is 14.7 Å². The summed E-state index contributed by atoms with van der Waals surface area (Å²) in [6.07, 6.45) is 5.21. The van der Waals surface area contributed by atoms with Gasteiger partial charge in [0.05, 0.1) is 0 Å². The molecule has 2 N–H and O–H groups in total. The Bertz CT molecular complexity index is 728. The summed E-state index contributed by atoms with van der Waals surface area (Å²) >= 11 is 0. The SMILES string of the molecule is CNC(=O)C[C@H]1C[C@H]2[C@@H]3CCc4cc(O)ccc4[C@H]3CC[C@]2(C)C1=O. The molecular formula is C21H27NO3. The van der Waals surface area contributed by atoms with E-state index in [1.807, 2.05) is 6.07 Å². The zero-order valence-corrected chi connectivity index (χ0v) is 15.0. The molecular weight excluding hydrogens is 314 g/mol. The molecule has 2 fully saturated rings. The second-order valence-electron chi connectivity index (χ2n) is 8.43. The number of aryl methyl sites for hydroxylation is 1. The Morgan fingerprint density at radius 1 is 1.36 bits per heavy atom. The van der Waals surface area contributed by atoms with Crippen LogP contribution in [0.15, 0.2) is 18.2 Å². The van der Waals surface area contributed by atoms with Crippen LogP contribution in [0.3, 0.4) is 0 Å². The Balaban J connectivity index is 1.63. The van der Waals surface area contributed by atoms with Gasteiger partial charge in [0, 0.05) is 24.8 Å². The van der Waals surface area contributed by atoms with Crippen molar-refractivity contribution in [1.29, 1.82) is 0 Å². The van der Waals surface area contributed by atoms with E-state index < -0.39 is 0 Å². The number of fused-ring (bicyclic) bond motifs is 5. The van der Waals surface area contributed by atoms with Gasteiger partial charge in [-0.3, -0.25) is 9.59 Å². The molecule has 0 aromatic heterocycles. The first kappa shape index (κ1) is 16.6. The Morgan fingerprint density at radius 2 is 2.16 bits per heavy atom. The number of carbonyl (C=O) groups excluding carboxylic acids is 2. The molecule has 1 aromatic rings. The fraction of sp³-hybridized carbons (Fsp3) is 0.619. The maximum atomic E-state index is 13.1. The van der Waals surface area contributed by atoms with Crippen molar-refractivity contribution in [3.63, 3.8) is 0 Å². The molecule has 5 atom stereocenters. The zero-order chi connectivity index (χ0) is 17.8. The number of nitrogens with one attached hydrogen (secondary N) is 1. The molecule has 3 aliphatic rings. The number of phenols is 1. The first-order valence-electron chi connectivity index (χ1n) is 9.50. The first-order valence-corrected chi connectivity index (χ1v) is 9.50. The molecule has 4 heteroatoms. The van der Waals surface area contributed by atoms with Crippen LogP contribution < -0.4 is 5.32 Å². The Labute approximate surface area is 149 Å². The summed E-state index contributed by atoms with van der Waals surface area (Å²) in [6, 6.07) is 5.79. The highest BCUT2D eigenvalue weighted by atomic mass is 16.3. The predicted molar refractivity (Wildman–Crippen MR) is 95.3 cm³/mol. The summed E-state index contributed by atoms with van der Waals surface area (Å²) < 4.78 is 0. The van der Waals surface area contributed by atoms with Crippen LogP contribution >= 0.6 is 0 Å². The van der Waals surface area contributed by atoms with Crippen LogP contribution in [-0.2, 0) is 16.0 Å². The number of Topliss-reactive ketones (excluding diaryl/α,β-unsaturated/α-hetero) is 1. The highest BCUT2D eigenvalue weighted by Gasteiger charge is 2.58. The standard InChI is InChI=1S/C21H27NO3/c1-21-8-7-16-15-6-4-14(23)9-12(15)3-5-17(16)18(21)10-13(20(21)25)11-19(24)22-2/h4,6,9,13,16-18,23H,3,5,7-8,10-11H2,1-2H3,(H,22,24)/t13-,16-,17-,18+,21+/m1/s1. The lowest BCUT2D eigenvalue weighted by atomic mass is 9.55. The number of rotatable bonds is 2. The zero-order valence-electron chi connectivity index (χ0n) is 15.0. The molecule has 0 aliphatic heterocycles. The summed E-state index contributed by atoms with van der Waals surface area (Å²) in [5.74, 6) is 1.92. The average molecular weight is 341 g/mol. The highest BCUT2D eigenvalue weighted by Crippen LogP contribution is 2.61. The van der Waals surface area contributed by atoms with Gasteiger partial charge in [-0.2, -0.15) is 0 Å². The van der Waals surface area contributed by atoms with Gasteiger partial charge >= 0.3 is 0 Å². The number of phenolic OH excluding ortho intramolecular Hbond substituents is 1. The van der Waals surface area contributed by atoms with Gasteiger partial charge in [-0.05, 0) is 73.1 Å². The van der Waals surface area contributed by atoms with E-state index >= 15 is 0 Å². The van der Waals surface area contributed by atoms with Crippen molar-refractivity contribution in [2.24, 2.45) is 23.2 Å². The molecule has 0 heterocycles. The monoisotopic (exact) mass is 341 g/mol. The summed E-state index contributed by atoms with van der Waals surface area (Å²) in [5.41, 5.74) is 2.39. The molecule has 134 valence electrons. The largest absolute Gasteiger partial charge is 0.508 e. The molecule has 1 amide bonds. The van der Waals surface area contributed by atoms with Crippen molar-refractivity contribution in [3.8, 4) is 5.75 Å². The van der Waals surface area contributed by atoms with Gasteiger partial charge in [0.1, 0.15) is 11.5 Å². The van der Waals surface area contributed by atoms with Gasteiger partial charge in [0.15, 0.2) is 0 Å². The molecule has 2 saturated carbocycles. The first-order chi connectivity index (χ1) is 11.9. The molecule has 4 rings (SSSR count). The number of ketones is 1. The number of amides is 1. The van der Waals surface area contributed by atoms with Crippen molar-refractivity contribution in [1.82, 2.24) is 5.32 Å². The van der Waals surface area contributed by atoms with E-state index in [0.717, 1.165) is 32.1 Å². The molecule has 0 bridgehead atoms. The van der Waals surface area contributed by atoms with Crippen molar-refractivity contribution >= 4 is 11.7 Å². The average Bonchev–Trinajstić information content (AvgIpc) is 2.85. The number of benzene rings is 1. The van der Waals surface area contributed by atoms with Gasteiger partial charge in [0.25, 0.3) is 0 Å². The molecule has 25 heavy (non-hydrogen) atoms. The highest BCUT2D eigenvalue weighted by molar-refractivity contribution is 5.93. The third-order valence-electron chi connectivity index (χ3n) is 7.28. The smallest absolute Gasteiger partial charge is 0.220 e. The number of carbonyl (C=O) groups is 2.